The number of halogens is 1. The molecule has 0 radical (unpaired) electrons. The van der Waals surface area contributed by atoms with Crippen molar-refractivity contribution in [3.63, 3.8) is 0 Å². The second-order valence-electron chi connectivity index (χ2n) is 6.52. The van der Waals surface area contributed by atoms with Gasteiger partial charge in [0.05, 0.1) is 22.6 Å². The number of aromatic nitrogens is 2. The van der Waals surface area contributed by atoms with Crippen LogP contribution in [0.3, 0.4) is 0 Å². The Morgan fingerprint density at radius 3 is 2.35 bits per heavy atom. The Bertz CT molecular complexity index is 687. The van der Waals surface area contributed by atoms with Crippen LogP contribution in [0, 0.1) is 12.8 Å². The first kappa shape index (κ1) is 17.5. The van der Waals surface area contributed by atoms with Crippen molar-refractivity contribution in [2.75, 3.05) is 0 Å². The first-order valence-corrected chi connectivity index (χ1v) is 8.32. The second kappa shape index (κ2) is 7.18. The molecule has 4 nitrogen and oxygen atoms in total. The number of carbonyl (C=O) groups is 1. The van der Waals surface area contributed by atoms with Gasteiger partial charge in [-0.2, -0.15) is 5.10 Å². The highest BCUT2D eigenvalue weighted by Gasteiger charge is 2.22. The van der Waals surface area contributed by atoms with E-state index in [0.717, 1.165) is 23.5 Å². The zero-order valence-electron chi connectivity index (χ0n) is 14.4. The molecule has 0 saturated carbocycles. The summed E-state index contributed by atoms with van der Waals surface area (Å²) in [6, 6.07) is 7.56. The average Bonchev–Trinajstić information content (AvgIpc) is 2.75. The van der Waals surface area contributed by atoms with E-state index in [-0.39, 0.29) is 11.9 Å². The molecule has 124 valence electrons. The molecular formula is C18H24ClN3O. The lowest BCUT2D eigenvalue weighted by molar-refractivity contribution is 0.0941. The highest BCUT2D eigenvalue weighted by molar-refractivity contribution is 6.30. The average molecular weight is 334 g/mol. The fourth-order valence-corrected chi connectivity index (χ4v) is 2.68. The molecule has 1 heterocycles. The molecule has 0 aliphatic carbocycles. The lowest BCUT2D eigenvalue weighted by Crippen LogP contribution is -2.31. The standard InChI is InChI=1S/C18H24ClN3O/c1-11(2)10-16-17(18(23)20-12(3)4)13(5)22(21-16)15-8-6-14(19)7-9-15/h6-9,11-12H,10H2,1-5H3,(H,20,23). The second-order valence-corrected chi connectivity index (χ2v) is 6.96. The van der Waals surface area contributed by atoms with Crippen molar-refractivity contribution in [3.8, 4) is 5.69 Å². The molecule has 23 heavy (non-hydrogen) atoms. The molecule has 0 unspecified atom stereocenters. The Balaban J connectivity index is 2.51. The van der Waals surface area contributed by atoms with Gasteiger partial charge in [-0.15, -0.1) is 0 Å². The largest absolute Gasteiger partial charge is 0.350 e. The van der Waals surface area contributed by atoms with E-state index in [9.17, 15) is 4.79 Å². The number of hydrogen-bond donors (Lipinski definition) is 1. The van der Waals surface area contributed by atoms with Gasteiger partial charge in [0.1, 0.15) is 0 Å². The number of amides is 1. The van der Waals surface area contributed by atoms with Gasteiger partial charge in [0.2, 0.25) is 0 Å². The Morgan fingerprint density at radius 1 is 1.22 bits per heavy atom. The minimum absolute atomic E-state index is 0.0617. The molecule has 0 aliphatic heterocycles. The number of hydrogen-bond acceptors (Lipinski definition) is 2. The maximum Gasteiger partial charge on any atom is 0.255 e. The summed E-state index contributed by atoms with van der Waals surface area (Å²) >= 11 is 5.96. The molecule has 0 aliphatic rings. The van der Waals surface area contributed by atoms with Crippen LogP contribution in [-0.4, -0.2) is 21.7 Å². The van der Waals surface area contributed by atoms with E-state index < -0.39 is 0 Å². The SMILES string of the molecule is Cc1c(C(=O)NC(C)C)c(CC(C)C)nn1-c1ccc(Cl)cc1. The Hall–Kier alpha value is -1.81. The van der Waals surface area contributed by atoms with E-state index in [1.807, 2.05) is 49.7 Å². The lowest BCUT2D eigenvalue weighted by atomic mass is 10.0. The highest BCUT2D eigenvalue weighted by atomic mass is 35.5. The summed E-state index contributed by atoms with van der Waals surface area (Å²) in [4.78, 5) is 12.6. The summed E-state index contributed by atoms with van der Waals surface area (Å²) in [7, 11) is 0. The zero-order valence-corrected chi connectivity index (χ0v) is 15.1. The van der Waals surface area contributed by atoms with Crippen molar-refractivity contribution in [1.29, 1.82) is 0 Å². The zero-order chi connectivity index (χ0) is 17.1. The summed E-state index contributed by atoms with van der Waals surface area (Å²) in [5.74, 6) is 0.363. The van der Waals surface area contributed by atoms with Crippen molar-refractivity contribution >= 4 is 17.5 Å². The van der Waals surface area contributed by atoms with E-state index in [4.69, 9.17) is 16.7 Å². The monoisotopic (exact) mass is 333 g/mol. The summed E-state index contributed by atoms with van der Waals surface area (Å²) in [6.07, 6.45) is 0.766. The fraction of sp³-hybridized carbons (Fsp3) is 0.444. The van der Waals surface area contributed by atoms with Crippen LogP contribution < -0.4 is 5.32 Å². The molecular weight excluding hydrogens is 310 g/mol. The summed E-state index contributed by atoms with van der Waals surface area (Å²) < 4.78 is 1.82. The summed E-state index contributed by atoms with van der Waals surface area (Å²) in [5, 5.41) is 8.34. The van der Waals surface area contributed by atoms with Crippen LogP contribution in [0.1, 0.15) is 49.4 Å². The first-order chi connectivity index (χ1) is 10.8. The summed E-state index contributed by atoms with van der Waals surface area (Å²) in [6.45, 7) is 10.1. The smallest absolute Gasteiger partial charge is 0.255 e. The van der Waals surface area contributed by atoms with Gasteiger partial charge in [0, 0.05) is 11.1 Å². The van der Waals surface area contributed by atoms with Crippen LogP contribution in [0.5, 0.6) is 0 Å². The molecule has 0 fully saturated rings. The van der Waals surface area contributed by atoms with Crippen LogP contribution in [0.2, 0.25) is 5.02 Å². The number of benzene rings is 1. The van der Waals surface area contributed by atoms with E-state index in [0.29, 0.717) is 16.5 Å². The van der Waals surface area contributed by atoms with Crippen molar-refractivity contribution < 1.29 is 4.79 Å². The van der Waals surface area contributed by atoms with Crippen LogP contribution in [0.15, 0.2) is 24.3 Å². The van der Waals surface area contributed by atoms with Crippen LogP contribution in [0.25, 0.3) is 5.69 Å². The fourth-order valence-electron chi connectivity index (χ4n) is 2.55. The van der Waals surface area contributed by atoms with Crippen molar-refractivity contribution in [2.45, 2.75) is 47.1 Å². The third-order valence-electron chi connectivity index (χ3n) is 3.51. The predicted octanol–water partition coefficient (Wildman–Crippen LogP) is 4.17. The molecule has 0 atom stereocenters. The third kappa shape index (κ3) is 4.14. The quantitative estimate of drug-likeness (QED) is 0.892. The molecule has 2 rings (SSSR count). The molecule has 0 spiro atoms. The third-order valence-corrected chi connectivity index (χ3v) is 3.76. The van der Waals surface area contributed by atoms with Gasteiger partial charge in [0.15, 0.2) is 0 Å². The molecule has 0 saturated heterocycles. The Morgan fingerprint density at radius 2 is 1.83 bits per heavy atom. The van der Waals surface area contributed by atoms with E-state index in [2.05, 4.69) is 19.2 Å². The van der Waals surface area contributed by atoms with Crippen LogP contribution in [0.4, 0.5) is 0 Å². The van der Waals surface area contributed by atoms with Gasteiger partial charge < -0.3 is 5.32 Å². The van der Waals surface area contributed by atoms with Crippen molar-refractivity contribution in [1.82, 2.24) is 15.1 Å². The number of rotatable bonds is 5. The first-order valence-electron chi connectivity index (χ1n) is 7.95. The maximum atomic E-state index is 12.6. The molecule has 5 heteroatoms. The molecule has 0 bridgehead atoms. The van der Waals surface area contributed by atoms with E-state index in [1.54, 1.807) is 0 Å². The summed E-state index contributed by atoms with van der Waals surface area (Å²) in [5.41, 5.74) is 3.27. The number of carbonyl (C=O) groups excluding carboxylic acids is 1. The Labute approximate surface area is 142 Å². The van der Waals surface area contributed by atoms with Gasteiger partial charge in [0.25, 0.3) is 5.91 Å². The number of nitrogens with one attached hydrogen (secondary N) is 1. The molecule has 1 aromatic heterocycles. The highest BCUT2D eigenvalue weighted by Crippen LogP contribution is 2.22. The normalized spacial score (nSPS) is 11.3. The predicted molar refractivity (Wildman–Crippen MR) is 94.5 cm³/mol. The molecule has 1 N–H and O–H groups in total. The maximum absolute atomic E-state index is 12.6. The van der Waals surface area contributed by atoms with Gasteiger partial charge >= 0.3 is 0 Å². The van der Waals surface area contributed by atoms with Crippen molar-refractivity contribution in [3.05, 3.63) is 46.2 Å². The number of nitrogens with zero attached hydrogens (tertiary/aromatic N) is 2. The van der Waals surface area contributed by atoms with Gasteiger partial charge in [-0.3, -0.25) is 4.79 Å². The van der Waals surface area contributed by atoms with E-state index in [1.165, 1.54) is 0 Å². The van der Waals surface area contributed by atoms with Gasteiger partial charge in [-0.05, 0) is 57.4 Å². The molecule has 2 aromatic rings. The minimum Gasteiger partial charge on any atom is -0.350 e. The van der Waals surface area contributed by atoms with Crippen LogP contribution in [-0.2, 0) is 6.42 Å². The van der Waals surface area contributed by atoms with Crippen molar-refractivity contribution in [2.24, 2.45) is 5.92 Å². The van der Waals surface area contributed by atoms with Gasteiger partial charge in [-0.25, -0.2) is 4.68 Å². The topological polar surface area (TPSA) is 46.9 Å². The minimum atomic E-state index is -0.0617. The molecule has 1 amide bonds. The lowest BCUT2D eigenvalue weighted by Gasteiger charge is -2.10. The van der Waals surface area contributed by atoms with E-state index >= 15 is 0 Å². The van der Waals surface area contributed by atoms with Crippen LogP contribution >= 0.6 is 11.6 Å². The van der Waals surface area contributed by atoms with Gasteiger partial charge in [-0.1, -0.05) is 25.4 Å². The Kier molecular flexibility index (Phi) is 5.47. The molecule has 1 aromatic carbocycles.